The maximum absolute atomic E-state index is 12.6. The molecule has 0 radical (unpaired) electrons. The van der Waals surface area contributed by atoms with Crippen molar-refractivity contribution in [3.8, 4) is 11.5 Å². The first-order valence-electron chi connectivity index (χ1n) is 7.79. The van der Waals surface area contributed by atoms with Crippen LogP contribution in [0.25, 0.3) is 0 Å². The summed E-state index contributed by atoms with van der Waals surface area (Å²) in [4.78, 5) is 2.11. The van der Waals surface area contributed by atoms with Crippen LogP contribution in [0.15, 0.2) is 41.4 Å². The van der Waals surface area contributed by atoms with E-state index in [-0.39, 0.29) is 17.5 Å². The first-order chi connectivity index (χ1) is 11.8. The number of benzene rings is 1. The number of aromatic nitrogens is 1. The highest BCUT2D eigenvalue weighted by atomic mass is 32.2. The van der Waals surface area contributed by atoms with Crippen LogP contribution < -0.4 is 14.2 Å². The number of aryl methyl sites for hydroxylation is 1. The zero-order chi connectivity index (χ0) is 18.6. The van der Waals surface area contributed by atoms with E-state index < -0.39 is 10.0 Å². The fraction of sp³-hybridized carbons (Fsp3) is 0.412. The summed E-state index contributed by atoms with van der Waals surface area (Å²) in [5.41, 5.74) is 1.03. The Morgan fingerprint density at radius 3 is 2.36 bits per heavy atom. The van der Waals surface area contributed by atoms with E-state index in [1.54, 1.807) is 6.07 Å². The van der Waals surface area contributed by atoms with Crippen LogP contribution in [-0.2, 0) is 17.1 Å². The molecule has 1 heterocycles. The Kier molecular flexibility index (Phi) is 6.10. The van der Waals surface area contributed by atoms with Crippen molar-refractivity contribution in [3.63, 3.8) is 0 Å². The number of hydrogen-bond acceptors (Lipinski definition) is 5. The Labute approximate surface area is 149 Å². The molecule has 1 atom stereocenters. The largest absolute Gasteiger partial charge is 0.493 e. The van der Waals surface area contributed by atoms with Crippen molar-refractivity contribution in [2.45, 2.75) is 10.9 Å². The predicted molar refractivity (Wildman–Crippen MR) is 96.6 cm³/mol. The molecule has 25 heavy (non-hydrogen) atoms. The van der Waals surface area contributed by atoms with Gasteiger partial charge < -0.3 is 14.0 Å². The zero-order valence-corrected chi connectivity index (χ0v) is 16.0. The SMILES string of the molecule is COc1ccc(S(=O)(=O)NCC(c2cccn2C)N(C)C)cc1OC. The van der Waals surface area contributed by atoms with Gasteiger partial charge in [-0.1, -0.05) is 0 Å². The number of rotatable bonds is 8. The Morgan fingerprint density at radius 1 is 1.16 bits per heavy atom. The Morgan fingerprint density at radius 2 is 1.84 bits per heavy atom. The lowest BCUT2D eigenvalue weighted by Crippen LogP contribution is -2.35. The fourth-order valence-corrected chi connectivity index (χ4v) is 3.68. The highest BCUT2D eigenvalue weighted by molar-refractivity contribution is 7.89. The average molecular weight is 367 g/mol. The molecule has 0 saturated heterocycles. The molecular weight excluding hydrogens is 342 g/mol. The van der Waals surface area contributed by atoms with Crippen LogP contribution in [0.3, 0.4) is 0 Å². The summed E-state index contributed by atoms with van der Waals surface area (Å²) in [6.45, 7) is 0.252. The summed E-state index contributed by atoms with van der Waals surface area (Å²) < 4.78 is 40.3. The Bertz CT molecular complexity index is 815. The van der Waals surface area contributed by atoms with Crippen molar-refractivity contribution in [1.82, 2.24) is 14.2 Å². The van der Waals surface area contributed by atoms with E-state index in [1.165, 1.54) is 26.4 Å². The first-order valence-corrected chi connectivity index (χ1v) is 9.27. The highest BCUT2D eigenvalue weighted by Gasteiger charge is 2.22. The first kappa shape index (κ1) is 19.3. The van der Waals surface area contributed by atoms with E-state index in [0.29, 0.717) is 11.5 Å². The molecule has 7 nitrogen and oxygen atoms in total. The summed E-state index contributed by atoms with van der Waals surface area (Å²) in [7, 11) is 5.08. The number of nitrogens with one attached hydrogen (secondary N) is 1. The minimum atomic E-state index is -3.67. The lowest BCUT2D eigenvalue weighted by Gasteiger charge is -2.25. The Hall–Kier alpha value is -2.03. The molecule has 1 unspecified atom stereocenters. The van der Waals surface area contributed by atoms with Crippen molar-refractivity contribution in [2.75, 3.05) is 34.9 Å². The van der Waals surface area contributed by atoms with Crippen LogP contribution in [0.5, 0.6) is 11.5 Å². The third-order valence-corrected chi connectivity index (χ3v) is 5.50. The van der Waals surface area contributed by atoms with Gasteiger partial charge in [-0.3, -0.25) is 4.90 Å². The molecule has 1 aromatic carbocycles. The molecule has 0 bridgehead atoms. The van der Waals surface area contributed by atoms with Gasteiger partial charge in [-0.05, 0) is 38.4 Å². The van der Waals surface area contributed by atoms with Crippen LogP contribution in [0.2, 0.25) is 0 Å². The van der Waals surface area contributed by atoms with Gasteiger partial charge in [0, 0.05) is 31.5 Å². The zero-order valence-electron chi connectivity index (χ0n) is 15.2. The number of nitrogens with zero attached hydrogens (tertiary/aromatic N) is 2. The molecule has 138 valence electrons. The van der Waals surface area contributed by atoms with Gasteiger partial charge in [-0.25, -0.2) is 13.1 Å². The molecule has 0 aliphatic carbocycles. The second-order valence-corrected chi connectivity index (χ2v) is 7.66. The molecule has 0 saturated carbocycles. The molecule has 1 N–H and O–H groups in total. The van der Waals surface area contributed by atoms with Gasteiger partial charge in [0.1, 0.15) is 0 Å². The maximum atomic E-state index is 12.6. The second kappa shape index (κ2) is 7.90. The summed E-state index contributed by atoms with van der Waals surface area (Å²) >= 11 is 0. The van der Waals surface area contributed by atoms with Crippen molar-refractivity contribution in [2.24, 2.45) is 7.05 Å². The summed E-state index contributed by atoms with van der Waals surface area (Å²) in [5, 5.41) is 0. The van der Waals surface area contributed by atoms with Crippen molar-refractivity contribution < 1.29 is 17.9 Å². The summed E-state index contributed by atoms with van der Waals surface area (Å²) in [5.74, 6) is 0.855. The van der Waals surface area contributed by atoms with Crippen LogP contribution in [0.4, 0.5) is 0 Å². The van der Waals surface area contributed by atoms with Gasteiger partial charge in [0.15, 0.2) is 11.5 Å². The molecule has 0 spiro atoms. The van der Waals surface area contributed by atoms with Gasteiger partial charge in [0.25, 0.3) is 0 Å². The third-order valence-electron chi connectivity index (χ3n) is 4.08. The molecule has 2 aromatic rings. The summed E-state index contributed by atoms with van der Waals surface area (Å²) in [6.07, 6.45) is 1.94. The standard InChI is InChI=1S/C17H25N3O4S/c1-19(2)15(14-7-6-10-20(14)3)12-18-25(21,22)13-8-9-16(23-4)17(11-13)24-5/h6-11,15,18H,12H2,1-5H3. The number of ether oxygens (including phenoxy) is 2. The van der Waals surface area contributed by atoms with Crippen molar-refractivity contribution in [1.29, 1.82) is 0 Å². The lowest BCUT2D eigenvalue weighted by atomic mass is 10.2. The highest BCUT2D eigenvalue weighted by Crippen LogP contribution is 2.29. The van der Waals surface area contributed by atoms with E-state index in [9.17, 15) is 8.42 Å². The van der Waals surface area contributed by atoms with E-state index >= 15 is 0 Å². The molecule has 0 fully saturated rings. The van der Waals surface area contributed by atoms with E-state index in [1.807, 2.05) is 48.9 Å². The van der Waals surface area contributed by atoms with E-state index in [0.717, 1.165) is 5.69 Å². The van der Waals surface area contributed by atoms with Crippen LogP contribution >= 0.6 is 0 Å². The normalized spacial score (nSPS) is 13.0. The molecule has 8 heteroatoms. The smallest absolute Gasteiger partial charge is 0.240 e. The quantitative estimate of drug-likeness (QED) is 0.768. The molecular formula is C17H25N3O4S. The van der Waals surface area contributed by atoms with E-state index in [4.69, 9.17) is 9.47 Å². The van der Waals surface area contributed by atoms with Crippen molar-refractivity contribution in [3.05, 3.63) is 42.2 Å². The van der Waals surface area contributed by atoms with Gasteiger partial charge in [-0.2, -0.15) is 0 Å². The van der Waals surface area contributed by atoms with Gasteiger partial charge >= 0.3 is 0 Å². The van der Waals surface area contributed by atoms with E-state index in [2.05, 4.69) is 4.72 Å². The molecule has 1 aromatic heterocycles. The van der Waals surface area contributed by atoms with Crippen LogP contribution in [0.1, 0.15) is 11.7 Å². The maximum Gasteiger partial charge on any atom is 0.240 e. The van der Waals surface area contributed by atoms with Crippen LogP contribution in [0, 0.1) is 0 Å². The molecule has 0 amide bonds. The number of methoxy groups -OCH3 is 2. The number of likely N-dealkylation sites (N-methyl/N-ethyl adjacent to an activating group) is 1. The average Bonchev–Trinajstić information content (AvgIpc) is 2.99. The van der Waals surface area contributed by atoms with Crippen LogP contribution in [-0.4, -0.2) is 52.7 Å². The topological polar surface area (TPSA) is 72.8 Å². The summed E-state index contributed by atoms with van der Waals surface area (Å²) in [6, 6.07) is 8.36. The third kappa shape index (κ3) is 4.33. The van der Waals surface area contributed by atoms with Gasteiger partial charge in [0.05, 0.1) is 25.2 Å². The predicted octanol–water partition coefficient (Wildman–Crippen LogP) is 1.62. The monoisotopic (exact) mass is 367 g/mol. The molecule has 2 rings (SSSR count). The number of hydrogen-bond donors (Lipinski definition) is 1. The second-order valence-electron chi connectivity index (χ2n) is 5.89. The van der Waals surface area contributed by atoms with Crippen molar-refractivity contribution >= 4 is 10.0 Å². The molecule has 0 aliphatic heterocycles. The fourth-order valence-electron chi connectivity index (χ4n) is 2.63. The molecule has 0 aliphatic rings. The lowest BCUT2D eigenvalue weighted by molar-refractivity contribution is 0.289. The Balaban J connectivity index is 2.22. The van der Waals surface area contributed by atoms with Gasteiger partial charge in [-0.15, -0.1) is 0 Å². The minimum absolute atomic E-state index is 0.0880. The van der Waals surface area contributed by atoms with Gasteiger partial charge in [0.2, 0.25) is 10.0 Å². The minimum Gasteiger partial charge on any atom is -0.493 e. The number of sulfonamides is 1.